The fourth-order valence-corrected chi connectivity index (χ4v) is 7.62. The standard InChI is InChI=1S/C25H40N5O4S/c1-5-27(6-2)25(31)23-18-30(32)29-16-13-20(17-24(23)29)19-11-14-28(15-12-19)35(33,34)22-9-7-21(8-10-22)26(3)4/h7-10,19-20,23-24H,5-6,11-18H2,1-4H3/q+1. The molecule has 1 aromatic carbocycles. The molecule has 0 saturated carbocycles. The number of sulfonamides is 1. The van der Waals surface area contributed by atoms with Gasteiger partial charge in [-0.2, -0.15) is 4.31 Å². The minimum absolute atomic E-state index is 0.0451. The summed E-state index contributed by atoms with van der Waals surface area (Å²) in [6.07, 6.45) is 3.40. The highest BCUT2D eigenvalue weighted by atomic mass is 32.2. The lowest BCUT2D eigenvalue weighted by Gasteiger charge is -2.40. The van der Waals surface area contributed by atoms with E-state index in [1.165, 1.54) is 0 Å². The van der Waals surface area contributed by atoms with Gasteiger partial charge < -0.3 is 9.80 Å². The smallest absolute Gasteiger partial charge is 0.243 e. The van der Waals surface area contributed by atoms with E-state index in [-0.39, 0.29) is 24.4 Å². The third-order valence-electron chi connectivity index (χ3n) is 8.31. The highest BCUT2D eigenvalue weighted by molar-refractivity contribution is 7.89. The van der Waals surface area contributed by atoms with Gasteiger partial charge in [0.15, 0.2) is 0 Å². The van der Waals surface area contributed by atoms with Gasteiger partial charge in [0, 0.05) is 46.0 Å². The molecule has 3 atom stereocenters. The average Bonchev–Trinajstić information content (AvgIpc) is 3.20. The first-order valence-electron chi connectivity index (χ1n) is 12.9. The fraction of sp³-hybridized carbons (Fsp3) is 0.720. The van der Waals surface area contributed by atoms with E-state index in [9.17, 15) is 18.1 Å². The van der Waals surface area contributed by atoms with Crippen molar-refractivity contribution in [2.75, 3.05) is 58.3 Å². The Balaban J connectivity index is 1.39. The maximum absolute atomic E-state index is 13.2. The number of piperidine rings is 2. The number of carbonyl (C=O) groups is 1. The van der Waals surface area contributed by atoms with Gasteiger partial charge in [-0.1, -0.05) is 0 Å². The molecule has 0 radical (unpaired) electrons. The largest absolute Gasteiger partial charge is 0.378 e. The van der Waals surface area contributed by atoms with Gasteiger partial charge in [0.1, 0.15) is 16.8 Å². The average molecular weight is 507 g/mol. The van der Waals surface area contributed by atoms with Gasteiger partial charge in [0.2, 0.25) is 22.5 Å². The van der Waals surface area contributed by atoms with Crippen molar-refractivity contribution in [2.45, 2.75) is 50.5 Å². The molecule has 10 heteroatoms. The lowest BCUT2D eigenvalue weighted by Crippen LogP contribution is -2.49. The molecule has 0 aliphatic carbocycles. The number of benzene rings is 1. The molecule has 3 saturated heterocycles. The Morgan fingerprint density at radius 1 is 1.00 bits per heavy atom. The number of hydrogen-bond donors (Lipinski definition) is 0. The molecule has 9 nitrogen and oxygen atoms in total. The van der Waals surface area contributed by atoms with Crippen LogP contribution in [-0.2, 0) is 14.8 Å². The van der Waals surface area contributed by atoms with Crippen LogP contribution in [0.25, 0.3) is 0 Å². The first-order valence-corrected chi connectivity index (χ1v) is 14.4. The third kappa shape index (κ3) is 5.05. The fourth-order valence-electron chi connectivity index (χ4n) is 6.15. The predicted octanol–water partition coefficient (Wildman–Crippen LogP) is 2.43. The normalized spacial score (nSPS) is 26.0. The summed E-state index contributed by atoms with van der Waals surface area (Å²) in [6, 6.07) is 7.01. The molecule has 0 aromatic heterocycles. The highest BCUT2D eigenvalue weighted by Crippen LogP contribution is 2.40. The van der Waals surface area contributed by atoms with Crippen LogP contribution in [0.4, 0.5) is 5.69 Å². The highest BCUT2D eigenvalue weighted by Gasteiger charge is 2.54. The van der Waals surface area contributed by atoms with Crippen LogP contribution in [0.1, 0.15) is 39.5 Å². The van der Waals surface area contributed by atoms with Gasteiger partial charge in [-0.05, 0) is 75.6 Å². The van der Waals surface area contributed by atoms with E-state index in [0.717, 1.165) is 36.2 Å². The van der Waals surface area contributed by atoms with Gasteiger partial charge in [0.05, 0.1) is 16.3 Å². The Hall–Kier alpha value is -2.20. The number of amides is 1. The van der Waals surface area contributed by atoms with Crippen molar-refractivity contribution in [2.24, 2.45) is 17.8 Å². The van der Waals surface area contributed by atoms with Crippen LogP contribution in [-0.4, -0.2) is 92.8 Å². The van der Waals surface area contributed by atoms with Crippen molar-refractivity contribution in [3.05, 3.63) is 29.2 Å². The van der Waals surface area contributed by atoms with Crippen LogP contribution < -0.4 is 4.90 Å². The summed E-state index contributed by atoms with van der Waals surface area (Å²) in [5.41, 5.74) is 0.968. The predicted molar refractivity (Wildman–Crippen MR) is 135 cm³/mol. The molecule has 0 bridgehead atoms. The number of nitrogens with zero attached hydrogens (tertiary/aromatic N) is 5. The molecular weight excluding hydrogens is 466 g/mol. The number of carbonyl (C=O) groups excluding carboxylic acids is 1. The summed E-state index contributed by atoms with van der Waals surface area (Å²) in [7, 11) is 0.355. The first kappa shape index (κ1) is 25.9. The minimum atomic E-state index is -3.51. The molecule has 3 aliphatic rings. The van der Waals surface area contributed by atoms with Gasteiger partial charge >= 0.3 is 0 Å². The molecule has 3 heterocycles. The number of hydrazine groups is 1. The number of rotatable bonds is 7. The molecule has 1 amide bonds. The van der Waals surface area contributed by atoms with Crippen molar-refractivity contribution >= 4 is 21.6 Å². The van der Waals surface area contributed by atoms with E-state index in [0.29, 0.717) is 49.5 Å². The van der Waals surface area contributed by atoms with Crippen molar-refractivity contribution in [1.82, 2.24) is 14.2 Å². The second-order valence-corrected chi connectivity index (χ2v) is 12.2. The summed E-state index contributed by atoms with van der Waals surface area (Å²) in [5.74, 6) is 0.648. The van der Waals surface area contributed by atoms with Crippen molar-refractivity contribution in [1.29, 1.82) is 0 Å². The zero-order chi connectivity index (χ0) is 25.3. The molecule has 0 spiro atoms. The van der Waals surface area contributed by atoms with Crippen molar-refractivity contribution in [3.8, 4) is 0 Å². The molecule has 1 aromatic rings. The van der Waals surface area contributed by atoms with Crippen LogP contribution in [0.2, 0.25) is 0 Å². The first-order chi connectivity index (χ1) is 16.7. The second-order valence-electron chi connectivity index (χ2n) is 10.3. The summed E-state index contributed by atoms with van der Waals surface area (Å²) in [5, 5.41) is 1.86. The van der Waals surface area contributed by atoms with Crippen LogP contribution in [0.3, 0.4) is 0 Å². The van der Waals surface area contributed by atoms with Gasteiger partial charge in [0.25, 0.3) is 0 Å². The lowest BCUT2D eigenvalue weighted by atomic mass is 9.75. The molecule has 194 valence electrons. The summed E-state index contributed by atoms with van der Waals surface area (Å²) in [4.78, 5) is 30.8. The Bertz CT molecular complexity index is 1020. The zero-order valence-corrected chi connectivity index (χ0v) is 22.3. The number of anilines is 1. The van der Waals surface area contributed by atoms with E-state index in [1.54, 1.807) is 16.4 Å². The number of fused-ring (bicyclic) bond motifs is 1. The zero-order valence-electron chi connectivity index (χ0n) is 21.5. The van der Waals surface area contributed by atoms with Gasteiger partial charge in [-0.3, -0.25) is 4.79 Å². The van der Waals surface area contributed by atoms with Gasteiger partial charge in [-0.15, -0.1) is 5.01 Å². The van der Waals surface area contributed by atoms with Crippen LogP contribution >= 0.6 is 0 Å². The number of nitroso groups, excluding NO2 is 1. The number of hydrogen-bond acceptors (Lipinski definition) is 5. The Labute approximate surface area is 209 Å². The summed E-state index contributed by atoms with van der Waals surface area (Å²) >= 11 is 0. The Morgan fingerprint density at radius 3 is 2.17 bits per heavy atom. The summed E-state index contributed by atoms with van der Waals surface area (Å²) < 4.78 is 28.0. The van der Waals surface area contributed by atoms with E-state index < -0.39 is 10.0 Å². The SMILES string of the molecule is CCN(CC)C(=O)C1C[N+](=O)N2CCC(C3CCN(S(=O)(=O)c4ccc(N(C)C)cc4)CC3)CC12. The minimum Gasteiger partial charge on any atom is -0.378 e. The molecule has 3 aliphatic heterocycles. The van der Waals surface area contributed by atoms with E-state index in [1.807, 2.05) is 54.9 Å². The quantitative estimate of drug-likeness (QED) is 0.528. The van der Waals surface area contributed by atoms with Crippen molar-refractivity contribution in [3.63, 3.8) is 0 Å². The van der Waals surface area contributed by atoms with E-state index in [4.69, 9.17) is 0 Å². The maximum Gasteiger partial charge on any atom is 0.243 e. The van der Waals surface area contributed by atoms with Crippen LogP contribution in [0, 0.1) is 22.7 Å². The van der Waals surface area contributed by atoms with E-state index >= 15 is 0 Å². The molecule has 35 heavy (non-hydrogen) atoms. The van der Waals surface area contributed by atoms with Crippen LogP contribution in [0.5, 0.6) is 0 Å². The maximum atomic E-state index is 13.2. The van der Waals surface area contributed by atoms with E-state index in [2.05, 4.69) is 0 Å². The molecule has 4 rings (SSSR count). The second kappa shape index (κ2) is 10.4. The molecular formula is C25H40N5O4S+. The molecule has 0 N–H and O–H groups in total. The summed E-state index contributed by atoms with van der Waals surface area (Å²) in [6.45, 7) is 7.23. The van der Waals surface area contributed by atoms with Crippen LogP contribution in [0.15, 0.2) is 29.2 Å². The monoisotopic (exact) mass is 506 g/mol. The molecule has 3 unspecified atom stereocenters. The molecule has 3 fully saturated rings. The Kier molecular flexibility index (Phi) is 7.71. The van der Waals surface area contributed by atoms with Gasteiger partial charge in [-0.25, -0.2) is 8.42 Å². The van der Waals surface area contributed by atoms with Crippen molar-refractivity contribution < 1.29 is 18.1 Å². The lowest BCUT2D eigenvalue weighted by molar-refractivity contribution is -0.692. The topological polar surface area (TPSA) is 84.2 Å². The Morgan fingerprint density at radius 2 is 1.60 bits per heavy atom. The third-order valence-corrected chi connectivity index (χ3v) is 10.2.